The van der Waals surface area contributed by atoms with Crippen molar-refractivity contribution in [3.63, 3.8) is 0 Å². The van der Waals surface area contributed by atoms with Crippen LogP contribution in [0.5, 0.6) is 0 Å². The summed E-state index contributed by atoms with van der Waals surface area (Å²) in [7, 11) is -2.39. The third kappa shape index (κ3) is 4.44. The summed E-state index contributed by atoms with van der Waals surface area (Å²) in [5.74, 6) is -0.569. The number of methoxy groups -OCH3 is 1. The highest BCUT2D eigenvalue weighted by Crippen LogP contribution is 2.14. The predicted octanol–water partition coefficient (Wildman–Crippen LogP) is -0.907. The summed E-state index contributed by atoms with van der Waals surface area (Å²) in [5.41, 5.74) is 5.51. The van der Waals surface area contributed by atoms with Gasteiger partial charge in [0.2, 0.25) is 15.9 Å². The Morgan fingerprint density at radius 1 is 1.55 bits per heavy atom. The van der Waals surface area contributed by atoms with Gasteiger partial charge in [-0.25, -0.2) is 13.4 Å². The average molecular weight is 302 g/mol. The van der Waals surface area contributed by atoms with Crippen molar-refractivity contribution in [3.8, 4) is 0 Å². The monoisotopic (exact) mass is 302 g/mol. The molecule has 0 bridgehead atoms. The zero-order valence-electron chi connectivity index (χ0n) is 11.3. The van der Waals surface area contributed by atoms with Crippen molar-refractivity contribution in [2.24, 2.45) is 0 Å². The van der Waals surface area contributed by atoms with E-state index in [-0.39, 0.29) is 10.7 Å². The summed E-state index contributed by atoms with van der Waals surface area (Å²) >= 11 is 0. The van der Waals surface area contributed by atoms with E-state index in [9.17, 15) is 13.2 Å². The molecule has 1 aromatic rings. The molecule has 0 aliphatic carbocycles. The number of aromatic nitrogens is 1. The molecule has 0 saturated carbocycles. The van der Waals surface area contributed by atoms with Gasteiger partial charge in [0.1, 0.15) is 10.7 Å². The lowest BCUT2D eigenvalue weighted by atomic mass is 10.3. The van der Waals surface area contributed by atoms with Crippen LogP contribution < -0.4 is 15.8 Å². The topological polar surface area (TPSA) is 123 Å². The molecule has 8 nitrogen and oxygen atoms in total. The summed E-state index contributed by atoms with van der Waals surface area (Å²) in [6.45, 7) is 2.09. The number of carbonyl (C=O) groups excluding carboxylic acids is 1. The number of nitrogens with one attached hydrogen (secondary N) is 2. The van der Waals surface area contributed by atoms with E-state index in [4.69, 9.17) is 10.5 Å². The van der Waals surface area contributed by atoms with E-state index in [0.717, 1.165) is 0 Å². The number of amides is 1. The molecule has 112 valence electrons. The van der Waals surface area contributed by atoms with Crippen molar-refractivity contribution in [3.05, 3.63) is 18.3 Å². The van der Waals surface area contributed by atoms with E-state index in [0.29, 0.717) is 13.2 Å². The van der Waals surface area contributed by atoms with Gasteiger partial charge in [-0.15, -0.1) is 0 Å². The molecule has 1 unspecified atom stereocenters. The third-order valence-electron chi connectivity index (χ3n) is 2.42. The van der Waals surface area contributed by atoms with Gasteiger partial charge in [-0.3, -0.25) is 4.79 Å². The second kappa shape index (κ2) is 7.17. The fourth-order valence-corrected chi connectivity index (χ4v) is 2.69. The lowest BCUT2D eigenvalue weighted by molar-refractivity contribution is -0.122. The van der Waals surface area contributed by atoms with Crippen LogP contribution in [0, 0.1) is 0 Å². The van der Waals surface area contributed by atoms with Gasteiger partial charge in [0.25, 0.3) is 0 Å². The highest BCUT2D eigenvalue weighted by Gasteiger charge is 2.23. The summed E-state index contributed by atoms with van der Waals surface area (Å²) < 4.78 is 31.1. The standard InChI is InChI=1S/C11H18N4O4S/c1-8(11(16)14-6-7-19-2)15-20(17,18)9-4-3-5-13-10(9)12/h3-5,8,15H,6-7H2,1-2H3,(H2,12,13)(H,14,16). The van der Waals surface area contributed by atoms with Crippen LogP contribution in [0.15, 0.2) is 23.2 Å². The van der Waals surface area contributed by atoms with Crippen molar-refractivity contribution < 1.29 is 17.9 Å². The van der Waals surface area contributed by atoms with Gasteiger partial charge in [0.05, 0.1) is 12.6 Å². The molecular weight excluding hydrogens is 284 g/mol. The van der Waals surface area contributed by atoms with Gasteiger partial charge in [0.15, 0.2) is 0 Å². The molecule has 9 heteroatoms. The Morgan fingerprint density at radius 3 is 2.85 bits per heavy atom. The van der Waals surface area contributed by atoms with E-state index in [1.54, 1.807) is 0 Å². The Labute approximate surface area is 117 Å². The molecule has 0 spiro atoms. The molecule has 1 aromatic heterocycles. The number of nitrogen functional groups attached to an aromatic ring is 1. The van der Waals surface area contributed by atoms with Gasteiger partial charge in [-0.2, -0.15) is 4.72 Å². The average Bonchev–Trinajstić information content (AvgIpc) is 2.38. The molecule has 0 saturated heterocycles. The number of pyridine rings is 1. The van der Waals surface area contributed by atoms with E-state index >= 15 is 0 Å². The number of nitrogens with zero attached hydrogens (tertiary/aromatic N) is 1. The minimum Gasteiger partial charge on any atom is -0.383 e. The molecule has 1 rings (SSSR count). The molecule has 20 heavy (non-hydrogen) atoms. The highest BCUT2D eigenvalue weighted by molar-refractivity contribution is 7.89. The molecule has 0 aromatic carbocycles. The van der Waals surface area contributed by atoms with Gasteiger partial charge in [-0.1, -0.05) is 0 Å². The number of nitrogens with two attached hydrogens (primary N) is 1. The van der Waals surface area contributed by atoms with Crippen molar-refractivity contribution >= 4 is 21.7 Å². The van der Waals surface area contributed by atoms with Crippen LogP contribution in [-0.4, -0.2) is 45.6 Å². The van der Waals surface area contributed by atoms with Crippen LogP contribution in [0.3, 0.4) is 0 Å². The number of ether oxygens (including phenoxy) is 1. The Kier molecular flexibility index (Phi) is 5.86. The fourth-order valence-electron chi connectivity index (χ4n) is 1.41. The third-order valence-corrected chi connectivity index (χ3v) is 4.01. The zero-order chi connectivity index (χ0) is 15.2. The molecule has 1 atom stereocenters. The first-order valence-corrected chi connectivity index (χ1v) is 7.36. The maximum absolute atomic E-state index is 12.1. The van der Waals surface area contributed by atoms with Gasteiger partial charge in [0, 0.05) is 19.9 Å². The Bertz CT molecular complexity index is 561. The van der Waals surface area contributed by atoms with Crippen molar-refractivity contribution in [2.45, 2.75) is 17.9 Å². The molecule has 0 radical (unpaired) electrons. The van der Waals surface area contributed by atoms with Crippen molar-refractivity contribution in [2.75, 3.05) is 26.0 Å². The normalized spacial score (nSPS) is 12.9. The van der Waals surface area contributed by atoms with E-state index in [1.807, 2.05) is 0 Å². The first-order chi connectivity index (χ1) is 9.38. The van der Waals surface area contributed by atoms with Crippen LogP contribution in [0.4, 0.5) is 5.82 Å². The van der Waals surface area contributed by atoms with E-state index < -0.39 is 22.0 Å². The number of hydrogen-bond donors (Lipinski definition) is 3. The van der Waals surface area contributed by atoms with Crippen molar-refractivity contribution in [1.82, 2.24) is 15.0 Å². The fraction of sp³-hybridized carbons (Fsp3) is 0.455. The summed E-state index contributed by atoms with van der Waals surface area (Å²) in [6, 6.07) is 1.84. The molecule has 1 heterocycles. The Hall–Kier alpha value is -1.71. The van der Waals surface area contributed by atoms with Crippen LogP contribution in [0.2, 0.25) is 0 Å². The first-order valence-electron chi connectivity index (χ1n) is 5.88. The first kappa shape index (κ1) is 16.3. The summed E-state index contributed by atoms with van der Waals surface area (Å²) in [4.78, 5) is 15.2. The highest BCUT2D eigenvalue weighted by atomic mass is 32.2. The van der Waals surface area contributed by atoms with Gasteiger partial charge >= 0.3 is 0 Å². The Morgan fingerprint density at radius 2 is 2.25 bits per heavy atom. The molecule has 4 N–H and O–H groups in total. The molecule has 1 amide bonds. The predicted molar refractivity (Wildman–Crippen MR) is 73.3 cm³/mol. The minimum atomic E-state index is -3.90. The van der Waals surface area contributed by atoms with Crippen LogP contribution >= 0.6 is 0 Å². The molecule has 0 aliphatic heterocycles. The second-order valence-electron chi connectivity index (χ2n) is 4.01. The lowest BCUT2D eigenvalue weighted by Gasteiger charge is -2.14. The lowest BCUT2D eigenvalue weighted by Crippen LogP contribution is -2.45. The molecular formula is C11H18N4O4S. The number of carbonyl (C=O) groups is 1. The quantitative estimate of drug-likeness (QED) is 0.560. The van der Waals surface area contributed by atoms with Crippen molar-refractivity contribution in [1.29, 1.82) is 0 Å². The van der Waals surface area contributed by atoms with Crippen LogP contribution in [0.1, 0.15) is 6.92 Å². The van der Waals surface area contributed by atoms with Crippen LogP contribution in [0.25, 0.3) is 0 Å². The van der Waals surface area contributed by atoms with Gasteiger partial charge in [-0.05, 0) is 19.1 Å². The number of anilines is 1. The van der Waals surface area contributed by atoms with E-state index in [2.05, 4.69) is 15.0 Å². The smallest absolute Gasteiger partial charge is 0.244 e. The number of hydrogen-bond acceptors (Lipinski definition) is 6. The number of sulfonamides is 1. The molecule has 0 fully saturated rings. The number of rotatable bonds is 7. The minimum absolute atomic E-state index is 0.119. The largest absolute Gasteiger partial charge is 0.383 e. The molecule has 0 aliphatic rings. The summed E-state index contributed by atoms with van der Waals surface area (Å²) in [5, 5.41) is 2.53. The summed E-state index contributed by atoms with van der Waals surface area (Å²) in [6.07, 6.45) is 1.38. The SMILES string of the molecule is COCCNC(=O)C(C)NS(=O)(=O)c1cccnc1N. The maximum Gasteiger partial charge on any atom is 0.244 e. The van der Waals surface area contributed by atoms with Gasteiger partial charge < -0.3 is 15.8 Å². The second-order valence-corrected chi connectivity index (χ2v) is 5.70. The Balaban J connectivity index is 2.72. The van der Waals surface area contributed by atoms with E-state index in [1.165, 1.54) is 32.4 Å². The van der Waals surface area contributed by atoms with Crippen LogP contribution in [-0.2, 0) is 19.6 Å². The zero-order valence-corrected chi connectivity index (χ0v) is 12.1. The maximum atomic E-state index is 12.1.